The summed E-state index contributed by atoms with van der Waals surface area (Å²) in [6.07, 6.45) is 0. The van der Waals surface area contributed by atoms with Gasteiger partial charge in [0.15, 0.2) is 0 Å². The highest BCUT2D eigenvalue weighted by molar-refractivity contribution is 6.03. The molecule has 4 nitrogen and oxygen atoms in total. The molecule has 96 valence electrons. The number of para-hydroxylation sites is 2. The lowest BCUT2D eigenvalue weighted by molar-refractivity contribution is -0.310. The number of fused-ring (bicyclic) bond motifs is 2. The normalized spacial score (nSPS) is 9.11. The predicted molar refractivity (Wildman–Crippen MR) is 69.6 cm³/mol. The molecule has 18 heavy (non-hydrogen) atoms. The molecule has 0 radical (unpaired) electrons. The van der Waals surface area contributed by atoms with E-state index in [1.165, 1.54) is 0 Å². The minimum absolute atomic E-state index is 0. The lowest BCUT2D eigenvalue weighted by Gasteiger charge is -2.00. The van der Waals surface area contributed by atoms with Crippen LogP contribution < -0.4 is 15.4 Å². The van der Waals surface area contributed by atoms with E-state index in [0.717, 1.165) is 27.5 Å². The summed E-state index contributed by atoms with van der Waals surface area (Å²) in [5.74, 6) is 0. The second kappa shape index (κ2) is 5.90. The summed E-state index contributed by atoms with van der Waals surface area (Å²) in [6, 6.07) is 16.2. The van der Waals surface area contributed by atoms with Gasteiger partial charge in [0.1, 0.15) is 0 Å². The summed E-state index contributed by atoms with van der Waals surface area (Å²) in [4.78, 5) is 3.37. The average molecular weight is 250 g/mol. The molecule has 0 amide bonds. The van der Waals surface area contributed by atoms with Gasteiger partial charge in [0.2, 0.25) is 11.0 Å². The van der Waals surface area contributed by atoms with Gasteiger partial charge in [0.25, 0.3) is 0 Å². The van der Waals surface area contributed by atoms with Crippen molar-refractivity contribution < 1.29 is 20.6 Å². The van der Waals surface area contributed by atoms with Crippen LogP contribution in [0.4, 0.5) is 5.69 Å². The van der Waals surface area contributed by atoms with Crippen LogP contribution in [-0.2, 0) is 0 Å². The molecule has 5 heteroatoms. The zero-order chi connectivity index (χ0) is 10.3. The van der Waals surface area contributed by atoms with Crippen LogP contribution in [0.2, 0.25) is 0 Å². The zero-order valence-corrected chi connectivity index (χ0v) is 9.57. The van der Waals surface area contributed by atoms with E-state index in [2.05, 4.69) is 4.98 Å². The Morgan fingerprint density at radius 2 is 1.11 bits per heavy atom. The number of nitrogens with one attached hydrogen (secondary N) is 1. The number of nitrogen functional groups attached to an aromatic ring is 1. The maximum absolute atomic E-state index is 6.13. The maximum Gasteiger partial charge on any atom is 0.213 e. The number of halogens is 1. The summed E-state index contributed by atoms with van der Waals surface area (Å²) in [7, 11) is 0. The lowest BCUT2D eigenvalue weighted by Crippen LogP contribution is -3.00. The molecular formula is C13H15FN2O2. The molecule has 1 aromatic heterocycles. The summed E-state index contributed by atoms with van der Waals surface area (Å²) >= 11 is 0. The summed E-state index contributed by atoms with van der Waals surface area (Å²) in [5, 5.41) is 2.16. The Labute approximate surface area is 103 Å². The molecule has 3 rings (SSSR count). The highest BCUT2D eigenvalue weighted by Gasteiger charge is 2.09. The SMILES string of the molecule is Nc1c2ccccc2[nH+]c2ccccc12.O.O.[F-]. The van der Waals surface area contributed by atoms with E-state index in [9.17, 15) is 0 Å². The van der Waals surface area contributed by atoms with Crippen molar-refractivity contribution in [1.29, 1.82) is 0 Å². The van der Waals surface area contributed by atoms with Crippen LogP contribution in [0.1, 0.15) is 0 Å². The second-order valence-electron chi connectivity index (χ2n) is 3.63. The van der Waals surface area contributed by atoms with Crippen molar-refractivity contribution in [3.8, 4) is 0 Å². The summed E-state index contributed by atoms with van der Waals surface area (Å²) in [5.41, 5.74) is 9.14. The van der Waals surface area contributed by atoms with Crippen LogP contribution in [-0.4, -0.2) is 11.0 Å². The molecule has 0 fully saturated rings. The first-order chi connectivity index (χ1) is 7.36. The Bertz CT molecular complexity index is 605. The molecule has 0 atom stereocenters. The molecule has 0 aliphatic carbocycles. The number of hydrogen-bond acceptors (Lipinski definition) is 1. The Hall–Kier alpha value is -2.24. The van der Waals surface area contributed by atoms with E-state index in [4.69, 9.17) is 5.73 Å². The van der Waals surface area contributed by atoms with Crippen molar-refractivity contribution in [2.75, 3.05) is 5.73 Å². The summed E-state index contributed by atoms with van der Waals surface area (Å²) < 4.78 is 0. The van der Waals surface area contributed by atoms with Crippen LogP contribution in [0.5, 0.6) is 0 Å². The number of hydrogen-bond donors (Lipinski definition) is 1. The van der Waals surface area contributed by atoms with Gasteiger partial charge in [0.05, 0.1) is 16.5 Å². The van der Waals surface area contributed by atoms with Gasteiger partial charge in [-0.15, -0.1) is 0 Å². The summed E-state index contributed by atoms with van der Waals surface area (Å²) in [6.45, 7) is 0. The maximum atomic E-state index is 6.13. The lowest BCUT2D eigenvalue weighted by atomic mass is 10.1. The highest BCUT2D eigenvalue weighted by Crippen LogP contribution is 2.24. The first-order valence-corrected chi connectivity index (χ1v) is 4.94. The average Bonchev–Trinajstić information content (AvgIpc) is 2.30. The monoisotopic (exact) mass is 250 g/mol. The number of nitrogens with two attached hydrogens (primary N) is 1. The third kappa shape index (κ3) is 2.22. The molecule has 0 spiro atoms. The van der Waals surface area contributed by atoms with Gasteiger partial charge in [0, 0.05) is 12.1 Å². The zero-order valence-electron chi connectivity index (χ0n) is 9.57. The molecule has 1 heterocycles. The minimum Gasteiger partial charge on any atom is -1.00 e. The smallest absolute Gasteiger partial charge is 0.213 e. The third-order valence-electron chi connectivity index (χ3n) is 2.70. The van der Waals surface area contributed by atoms with Gasteiger partial charge in [-0.1, -0.05) is 24.3 Å². The first-order valence-electron chi connectivity index (χ1n) is 4.94. The van der Waals surface area contributed by atoms with Crippen molar-refractivity contribution in [2.45, 2.75) is 0 Å². The second-order valence-corrected chi connectivity index (χ2v) is 3.63. The van der Waals surface area contributed by atoms with Crippen LogP contribution in [0.15, 0.2) is 48.5 Å². The molecule has 7 N–H and O–H groups in total. The predicted octanol–water partition coefficient (Wildman–Crippen LogP) is -2.26. The number of H-pyrrole nitrogens is 1. The Morgan fingerprint density at radius 1 is 0.722 bits per heavy atom. The van der Waals surface area contributed by atoms with Gasteiger partial charge in [-0.05, 0) is 12.1 Å². The number of aromatic amines is 1. The molecule has 0 bridgehead atoms. The van der Waals surface area contributed by atoms with Gasteiger partial charge in [-0.25, -0.2) is 4.98 Å². The molecule has 0 saturated heterocycles. The van der Waals surface area contributed by atoms with Crippen molar-refractivity contribution in [3.05, 3.63) is 48.5 Å². The van der Waals surface area contributed by atoms with E-state index in [1.807, 2.05) is 48.5 Å². The van der Waals surface area contributed by atoms with Crippen molar-refractivity contribution in [1.82, 2.24) is 0 Å². The third-order valence-corrected chi connectivity index (χ3v) is 2.70. The van der Waals surface area contributed by atoms with Crippen molar-refractivity contribution in [3.63, 3.8) is 0 Å². The van der Waals surface area contributed by atoms with Gasteiger partial charge >= 0.3 is 0 Å². The molecule has 0 saturated carbocycles. The Balaban J connectivity index is 0.000000963. The fourth-order valence-corrected chi connectivity index (χ4v) is 1.94. The van der Waals surface area contributed by atoms with E-state index in [1.54, 1.807) is 0 Å². The van der Waals surface area contributed by atoms with Crippen LogP contribution in [0.25, 0.3) is 21.8 Å². The number of anilines is 1. The number of benzene rings is 2. The van der Waals surface area contributed by atoms with Crippen LogP contribution in [0.3, 0.4) is 0 Å². The van der Waals surface area contributed by atoms with E-state index in [0.29, 0.717) is 0 Å². The molecule has 3 aromatic rings. The Kier molecular flexibility index (Phi) is 5.17. The van der Waals surface area contributed by atoms with Crippen molar-refractivity contribution in [2.24, 2.45) is 0 Å². The molecule has 2 aromatic carbocycles. The topological polar surface area (TPSA) is 103 Å². The molecular weight excluding hydrogens is 235 g/mol. The van der Waals surface area contributed by atoms with Crippen LogP contribution in [0, 0.1) is 0 Å². The largest absolute Gasteiger partial charge is 1.00 e. The Morgan fingerprint density at radius 3 is 1.56 bits per heavy atom. The van der Waals surface area contributed by atoms with E-state index >= 15 is 0 Å². The quantitative estimate of drug-likeness (QED) is 0.447. The number of pyridine rings is 1. The fraction of sp³-hybridized carbons (Fsp3) is 0. The molecule has 0 aliphatic heterocycles. The van der Waals surface area contributed by atoms with Gasteiger partial charge in [-0.2, -0.15) is 0 Å². The number of rotatable bonds is 0. The molecule has 0 aliphatic rings. The number of aromatic nitrogens is 1. The van der Waals surface area contributed by atoms with E-state index in [-0.39, 0.29) is 15.7 Å². The standard InChI is InChI=1S/C13H10N2.FH.2H2O/c14-13-9-5-1-3-7-11(9)15-12-8-4-2-6-10(12)13;;;/h1-8H,(H2,14,15);1H;2*1H2. The highest BCUT2D eigenvalue weighted by atomic mass is 19.0. The van der Waals surface area contributed by atoms with Gasteiger partial charge in [-0.3, -0.25) is 0 Å². The van der Waals surface area contributed by atoms with E-state index < -0.39 is 0 Å². The van der Waals surface area contributed by atoms with Gasteiger partial charge < -0.3 is 21.4 Å². The molecule has 0 unspecified atom stereocenters. The first kappa shape index (κ1) is 15.8. The van der Waals surface area contributed by atoms with Crippen LogP contribution >= 0.6 is 0 Å². The van der Waals surface area contributed by atoms with Crippen molar-refractivity contribution >= 4 is 27.5 Å². The minimum atomic E-state index is 0. The fourth-order valence-electron chi connectivity index (χ4n) is 1.94.